The van der Waals surface area contributed by atoms with Crippen LogP contribution in [0, 0.1) is 11.7 Å². The molecular weight excluding hydrogens is 243 g/mol. The second-order valence-corrected chi connectivity index (χ2v) is 4.23. The van der Waals surface area contributed by atoms with Crippen LogP contribution in [-0.2, 0) is 4.79 Å². The molecular formula is C12H16ClFN2O. The Bertz CT molecular complexity index is 398. The van der Waals surface area contributed by atoms with Crippen molar-refractivity contribution in [3.63, 3.8) is 0 Å². The van der Waals surface area contributed by atoms with Crippen molar-refractivity contribution in [2.45, 2.75) is 13.8 Å². The molecule has 0 saturated carbocycles. The summed E-state index contributed by atoms with van der Waals surface area (Å²) in [5.41, 5.74) is 0.432. The molecule has 0 fully saturated rings. The molecule has 1 unspecified atom stereocenters. The van der Waals surface area contributed by atoms with Gasteiger partial charge in [-0.3, -0.25) is 4.79 Å². The Hall–Kier alpha value is -1.13. The zero-order valence-corrected chi connectivity index (χ0v) is 10.6. The van der Waals surface area contributed by atoms with Gasteiger partial charge in [0.15, 0.2) is 0 Å². The van der Waals surface area contributed by atoms with Crippen molar-refractivity contribution in [3.05, 3.63) is 29.0 Å². The highest BCUT2D eigenvalue weighted by molar-refractivity contribution is 6.33. The SMILES string of the molecule is CCNCC(C)C(=O)Nc1ccc(F)cc1Cl. The van der Waals surface area contributed by atoms with E-state index in [4.69, 9.17) is 11.6 Å². The van der Waals surface area contributed by atoms with Crippen molar-refractivity contribution in [2.24, 2.45) is 5.92 Å². The molecule has 1 atom stereocenters. The molecule has 1 aromatic carbocycles. The number of halogens is 2. The molecule has 0 heterocycles. The quantitative estimate of drug-likeness (QED) is 0.853. The summed E-state index contributed by atoms with van der Waals surface area (Å²) in [4.78, 5) is 11.8. The Labute approximate surface area is 105 Å². The standard InChI is InChI=1S/C12H16ClFN2O/c1-3-15-7-8(2)12(17)16-11-5-4-9(14)6-10(11)13/h4-6,8,15H,3,7H2,1-2H3,(H,16,17). The fourth-order valence-corrected chi connectivity index (χ4v) is 1.51. The van der Waals surface area contributed by atoms with Gasteiger partial charge >= 0.3 is 0 Å². The smallest absolute Gasteiger partial charge is 0.228 e. The number of carbonyl (C=O) groups excluding carboxylic acids is 1. The number of amides is 1. The normalized spacial score (nSPS) is 12.2. The maximum Gasteiger partial charge on any atom is 0.228 e. The van der Waals surface area contributed by atoms with Crippen LogP contribution in [0.25, 0.3) is 0 Å². The van der Waals surface area contributed by atoms with Crippen molar-refractivity contribution in [2.75, 3.05) is 18.4 Å². The third-order valence-corrected chi connectivity index (χ3v) is 2.65. The number of carbonyl (C=O) groups is 1. The van der Waals surface area contributed by atoms with Gasteiger partial charge in [0, 0.05) is 12.5 Å². The molecule has 0 aromatic heterocycles. The van der Waals surface area contributed by atoms with Crippen LogP contribution in [0.2, 0.25) is 5.02 Å². The van der Waals surface area contributed by atoms with Gasteiger partial charge in [-0.1, -0.05) is 25.4 Å². The zero-order chi connectivity index (χ0) is 12.8. The van der Waals surface area contributed by atoms with Crippen molar-refractivity contribution in [1.29, 1.82) is 0 Å². The van der Waals surface area contributed by atoms with Gasteiger partial charge in [0.05, 0.1) is 10.7 Å². The summed E-state index contributed by atoms with van der Waals surface area (Å²) in [7, 11) is 0. The predicted octanol–water partition coefficient (Wildman–Crippen LogP) is 2.66. The van der Waals surface area contributed by atoms with E-state index in [0.29, 0.717) is 12.2 Å². The molecule has 94 valence electrons. The highest BCUT2D eigenvalue weighted by atomic mass is 35.5. The number of hydrogen-bond donors (Lipinski definition) is 2. The van der Waals surface area contributed by atoms with Crippen LogP contribution in [0.4, 0.5) is 10.1 Å². The minimum absolute atomic E-state index is 0.139. The molecule has 0 saturated heterocycles. The molecule has 17 heavy (non-hydrogen) atoms. The highest BCUT2D eigenvalue weighted by Crippen LogP contribution is 2.22. The summed E-state index contributed by atoms with van der Waals surface area (Å²) >= 11 is 5.81. The molecule has 0 spiro atoms. The first kappa shape index (κ1) is 13.9. The number of benzene rings is 1. The van der Waals surface area contributed by atoms with E-state index in [1.54, 1.807) is 0 Å². The Morgan fingerprint density at radius 1 is 1.53 bits per heavy atom. The third-order valence-electron chi connectivity index (χ3n) is 2.34. The van der Waals surface area contributed by atoms with E-state index in [9.17, 15) is 9.18 Å². The molecule has 0 aliphatic carbocycles. The summed E-state index contributed by atoms with van der Waals surface area (Å²) in [6.07, 6.45) is 0. The first-order valence-corrected chi connectivity index (χ1v) is 5.89. The van der Waals surface area contributed by atoms with Crippen molar-refractivity contribution in [1.82, 2.24) is 5.32 Å². The molecule has 1 amide bonds. The van der Waals surface area contributed by atoms with Gasteiger partial charge in [-0.15, -0.1) is 0 Å². The second-order valence-electron chi connectivity index (χ2n) is 3.82. The average Bonchev–Trinajstić information content (AvgIpc) is 2.29. The van der Waals surface area contributed by atoms with Crippen LogP contribution >= 0.6 is 11.6 Å². The van der Waals surface area contributed by atoms with Crippen LogP contribution in [-0.4, -0.2) is 19.0 Å². The molecule has 0 radical (unpaired) electrons. The Morgan fingerprint density at radius 2 is 2.24 bits per heavy atom. The number of rotatable bonds is 5. The monoisotopic (exact) mass is 258 g/mol. The first-order valence-electron chi connectivity index (χ1n) is 5.51. The Kier molecular flexibility index (Phi) is 5.38. The second kappa shape index (κ2) is 6.57. The lowest BCUT2D eigenvalue weighted by Gasteiger charge is -2.13. The molecule has 0 aliphatic heterocycles. The number of hydrogen-bond acceptors (Lipinski definition) is 2. The van der Waals surface area contributed by atoms with Gasteiger partial charge in [0.2, 0.25) is 5.91 Å². The van der Waals surface area contributed by atoms with Crippen LogP contribution in [0.3, 0.4) is 0 Å². The van der Waals surface area contributed by atoms with Gasteiger partial charge in [-0.25, -0.2) is 4.39 Å². The fraction of sp³-hybridized carbons (Fsp3) is 0.417. The van der Waals surface area contributed by atoms with Gasteiger partial charge in [-0.05, 0) is 24.7 Å². The van der Waals surface area contributed by atoms with Crippen LogP contribution in [0.15, 0.2) is 18.2 Å². The fourth-order valence-electron chi connectivity index (χ4n) is 1.30. The molecule has 0 aliphatic rings. The summed E-state index contributed by atoms with van der Waals surface area (Å²) in [6.45, 7) is 5.20. The molecule has 1 rings (SSSR count). The average molecular weight is 259 g/mol. The topological polar surface area (TPSA) is 41.1 Å². The largest absolute Gasteiger partial charge is 0.324 e. The van der Waals surface area contributed by atoms with E-state index >= 15 is 0 Å². The van der Waals surface area contributed by atoms with Crippen LogP contribution in [0.5, 0.6) is 0 Å². The van der Waals surface area contributed by atoms with Gasteiger partial charge in [-0.2, -0.15) is 0 Å². The van der Waals surface area contributed by atoms with Gasteiger partial charge in [0.1, 0.15) is 5.82 Å². The number of anilines is 1. The maximum atomic E-state index is 12.8. The first-order chi connectivity index (χ1) is 8.04. The van der Waals surface area contributed by atoms with E-state index in [2.05, 4.69) is 10.6 Å². The molecule has 3 nitrogen and oxygen atoms in total. The van der Waals surface area contributed by atoms with Crippen LogP contribution < -0.4 is 10.6 Å². The van der Waals surface area contributed by atoms with Crippen molar-refractivity contribution < 1.29 is 9.18 Å². The summed E-state index contributed by atoms with van der Waals surface area (Å²) in [6, 6.07) is 3.89. The van der Waals surface area contributed by atoms with E-state index in [-0.39, 0.29) is 16.8 Å². The lowest BCUT2D eigenvalue weighted by Crippen LogP contribution is -2.30. The lowest BCUT2D eigenvalue weighted by atomic mass is 10.1. The lowest BCUT2D eigenvalue weighted by molar-refractivity contribution is -0.119. The van der Waals surface area contributed by atoms with Crippen molar-refractivity contribution in [3.8, 4) is 0 Å². The predicted molar refractivity (Wildman–Crippen MR) is 67.7 cm³/mol. The Balaban J connectivity index is 2.61. The number of nitrogens with one attached hydrogen (secondary N) is 2. The molecule has 5 heteroatoms. The van der Waals surface area contributed by atoms with Crippen molar-refractivity contribution >= 4 is 23.2 Å². The van der Waals surface area contributed by atoms with E-state index in [1.807, 2.05) is 13.8 Å². The zero-order valence-electron chi connectivity index (χ0n) is 9.89. The molecule has 1 aromatic rings. The van der Waals surface area contributed by atoms with E-state index < -0.39 is 5.82 Å². The molecule has 0 bridgehead atoms. The third kappa shape index (κ3) is 4.32. The maximum absolute atomic E-state index is 12.8. The highest BCUT2D eigenvalue weighted by Gasteiger charge is 2.13. The summed E-state index contributed by atoms with van der Waals surface area (Å²) in [5.74, 6) is -0.732. The summed E-state index contributed by atoms with van der Waals surface area (Å²) in [5, 5.41) is 5.96. The minimum atomic E-state index is -0.423. The summed E-state index contributed by atoms with van der Waals surface area (Å²) < 4.78 is 12.8. The molecule has 2 N–H and O–H groups in total. The minimum Gasteiger partial charge on any atom is -0.324 e. The van der Waals surface area contributed by atoms with Crippen LogP contribution in [0.1, 0.15) is 13.8 Å². The Morgan fingerprint density at radius 3 is 2.82 bits per heavy atom. The van der Waals surface area contributed by atoms with E-state index in [0.717, 1.165) is 6.54 Å². The van der Waals surface area contributed by atoms with Gasteiger partial charge in [0.25, 0.3) is 0 Å². The van der Waals surface area contributed by atoms with Gasteiger partial charge < -0.3 is 10.6 Å². The van der Waals surface area contributed by atoms with E-state index in [1.165, 1.54) is 18.2 Å².